The Balaban J connectivity index is 2.79. The maximum absolute atomic E-state index is 10.9. The molecule has 0 radical (unpaired) electrons. The molecular weight excluding hydrogens is 224 g/mol. The van der Waals surface area contributed by atoms with E-state index >= 15 is 0 Å². The summed E-state index contributed by atoms with van der Waals surface area (Å²) in [5, 5.41) is 20.0. The predicted molar refractivity (Wildman–Crippen MR) is 60.1 cm³/mol. The Labute approximate surface area is 95.7 Å². The summed E-state index contributed by atoms with van der Waals surface area (Å²) in [5.74, 6) is -1.16. The van der Waals surface area contributed by atoms with Crippen molar-refractivity contribution in [2.24, 2.45) is 0 Å². The van der Waals surface area contributed by atoms with E-state index in [0.29, 0.717) is 16.5 Å². The Morgan fingerprint density at radius 3 is 2.65 bits per heavy atom. The number of aromatic nitrogens is 1. The summed E-state index contributed by atoms with van der Waals surface area (Å²) in [6, 6.07) is 5.80. The topological polar surface area (TPSA) is 93.3 Å². The number of aryl methyl sites for hydroxylation is 1. The molecule has 0 spiro atoms. The van der Waals surface area contributed by atoms with Crippen molar-refractivity contribution in [3.8, 4) is 0 Å². The molecule has 1 N–H and O–H groups in total. The third-order valence-corrected chi connectivity index (χ3v) is 2.45. The lowest BCUT2D eigenvalue weighted by Crippen LogP contribution is -2.01. The molecule has 0 saturated heterocycles. The molecule has 1 aromatic heterocycles. The zero-order valence-electron chi connectivity index (χ0n) is 8.88. The molecule has 2 rings (SSSR count). The monoisotopic (exact) mass is 232 g/mol. The lowest BCUT2D eigenvalue weighted by atomic mass is 10.1. The molecule has 0 unspecified atom stereocenters. The van der Waals surface area contributed by atoms with E-state index in [2.05, 4.69) is 4.98 Å². The van der Waals surface area contributed by atoms with Gasteiger partial charge in [-0.2, -0.15) is 0 Å². The summed E-state index contributed by atoms with van der Waals surface area (Å²) >= 11 is 0. The number of hydrogen-bond donors (Lipinski definition) is 1. The smallest absolute Gasteiger partial charge is 0.354 e. The maximum atomic E-state index is 10.9. The second kappa shape index (κ2) is 3.82. The molecule has 0 saturated carbocycles. The van der Waals surface area contributed by atoms with Crippen LogP contribution in [-0.4, -0.2) is 21.0 Å². The molecule has 0 bridgehead atoms. The fourth-order valence-electron chi connectivity index (χ4n) is 1.66. The number of rotatable bonds is 2. The van der Waals surface area contributed by atoms with Crippen LogP contribution in [0, 0.1) is 17.0 Å². The molecule has 6 heteroatoms. The molecule has 1 aromatic carbocycles. The molecule has 86 valence electrons. The van der Waals surface area contributed by atoms with Crippen LogP contribution < -0.4 is 0 Å². The average molecular weight is 232 g/mol. The number of carboxylic acid groups (broad SMARTS) is 1. The lowest BCUT2D eigenvalue weighted by molar-refractivity contribution is -0.383. The fourth-order valence-corrected chi connectivity index (χ4v) is 1.66. The van der Waals surface area contributed by atoms with Crippen molar-refractivity contribution in [1.82, 2.24) is 4.98 Å². The zero-order chi connectivity index (χ0) is 12.6. The van der Waals surface area contributed by atoms with Crippen molar-refractivity contribution >= 4 is 22.6 Å². The van der Waals surface area contributed by atoms with Gasteiger partial charge in [0.2, 0.25) is 0 Å². The minimum Gasteiger partial charge on any atom is -0.477 e. The Kier molecular flexibility index (Phi) is 2.47. The van der Waals surface area contributed by atoms with Gasteiger partial charge in [0.15, 0.2) is 0 Å². The Morgan fingerprint density at radius 2 is 2.06 bits per heavy atom. The Bertz CT molecular complexity index is 637. The van der Waals surface area contributed by atoms with Gasteiger partial charge in [0.05, 0.1) is 15.8 Å². The summed E-state index contributed by atoms with van der Waals surface area (Å²) in [7, 11) is 0. The summed E-state index contributed by atoms with van der Waals surface area (Å²) in [6.07, 6.45) is 0. The van der Waals surface area contributed by atoms with Crippen molar-refractivity contribution in [2.45, 2.75) is 6.92 Å². The molecule has 0 amide bonds. The second-order valence-electron chi connectivity index (χ2n) is 3.56. The highest BCUT2D eigenvalue weighted by atomic mass is 16.6. The van der Waals surface area contributed by atoms with E-state index in [1.165, 1.54) is 12.1 Å². The van der Waals surface area contributed by atoms with E-state index in [1.807, 2.05) is 0 Å². The summed E-state index contributed by atoms with van der Waals surface area (Å²) in [6.45, 7) is 1.63. The van der Waals surface area contributed by atoms with Crippen LogP contribution in [0.25, 0.3) is 10.9 Å². The molecule has 0 atom stereocenters. The van der Waals surface area contributed by atoms with Crippen LogP contribution in [0.3, 0.4) is 0 Å². The van der Waals surface area contributed by atoms with E-state index in [0.717, 1.165) is 0 Å². The predicted octanol–water partition coefficient (Wildman–Crippen LogP) is 2.15. The first-order chi connectivity index (χ1) is 8.00. The highest BCUT2D eigenvalue weighted by Gasteiger charge is 2.17. The van der Waals surface area contributed by atoms with E-state index < -0.39 is 10.9 Å². The van der Waals surface area contributed by atoms with Gasteiger partial charge >= 0.3 is 5.97 Å². The molecular formula is C11H8N2O4. The zero-order valence-corrected chi connectivity index (χ0v) is 8.88. The Hall–Kier alpha value is -2.50. The van der Waals surface area contributed by atoms with Crippen LogP contribution in [0.2, 0.25) is 0 Å². The van der Waals surface area contributed by atoms with Crippen molar-refractivity contribution in [2.75, 3.05) is 0 Å². The number of hydrogen-bond acceptors (Lipinski definition) is 4. The van der Waals surface area contributed by atoms with Crippen LogP contribution in [-0.2, 0) is 0 Å². The number of nitro groups is 1. The quantitative estimate of drug-likeness (QED) is 0.632. The van der Waals surface area contributed by atoms with Crippen molar-refractivity contribution in [3.05, 3.63) is 45.6 Å². The van der Waals surface area contributed by atoms with Crippen LogP contribution >= 0.6 is 0 Å². The molecule has 1 heterocycles. The maximum Gasteiger partial charge on any atom is 0.354 e. The normalized spacial score (nSPS) is 10.4. The number of nitro benzene ring substituents is 1. The van der Waals surface area contributed by atoms with Gasteiger partial charge in [-0.3, -0.25) is 10.1 Å². The van der Waals surface area contributed by atoms with E-state index in [-0.39, 0.29) is 11.4 Å². The fraction of sp³-hybridized carbons (Fsp3) is 0.0909. The standard InChI is InChI=1S/C11H8N2O4/c1-6-2-4-8-7(10(6)13(16)17)3-5-9(12-8)11(14)15/h2-5H,1H3,(H,14,15). The van der Waals surface area contributed by atoms with Gasteiger partial charge in [0, 0.05) is 5.56 Å². The highest BCUT2D eigenvalue weighted by molar-refractivity contribution is 5.94. The van der Waals surface area contributed by atoms with Gasteiger partial charge in [-0.05, 0) is 25.1 Å². The van der Waals surface area contributed by atoms with Crippen LogP contribution in [0.15, 0.2) is 24.3 Å². The first-order valence-electron chi connectivity index (χ1n) is 4.79. The number of fused-ring (bicyclic) bond motifs is 1. The Morgan fingerprint density at radius 1 is 1.35 bits per heavy atom. The number of aromatic carboxylic acids is 1. The number of nitrogens with zero attached hydrogens (tertiary/aromatic N) is 2. The van der Waals surface area contributed by atoms with Gasteiger partial charge in [-0.15, -0.1) is 0 Å². The van der Waals surface area contributed by atoms with Gasteiger partial charge in [-0.25, -0.2) is 9.78 Å². The molecule has 0 aliphatic heterocycles. The summed E-state index contributed by atoms with van der Waals surface area (Å²) in [5.41, 5.74) is 0.664. The summed E-state index contributed by atoms with van der Waals surface area (Å²) in [4.78, 5) is 25.0. The summed E-state index contributed by atoms with van der Waals surface area (Å²) < 4.78 is 0. The lowest BCUT2D eigenvalue weighted by Gasteiger charge is -2.02. The largest absolute Gasteiger partial charge is 0.477 e. The number of benzene rings is 1. The van der Waals surface area contributed by atoms with E-state index in [4.69, 9.17) is 5.11 Å². The van der Waals surface area contributed by atoms with Crippen LogP contribution in [0.5, 0.6) is 0 Å². The van der Waals surface area contributed by atoms with Gasteiger partial charge < -0.3 is 5.11 Å². The van der Waals surface area contributed by atoms with Crippen LogP contribution in [0.1, 0.15) is 16.1 Å². The molecule has 17 heavy (non-hydrogen) atoms. The molecule has 0 aliphatic rings. The van der Waals surface area contributed by atoms with E-state index in [9.17, 15) is 14.9 Å². The van der Waals surface area contributed by atoms with Crippen molar-refractivity contribution in [1.29, 1.82) is 0 Å². The van der Waals surface area contributed by atoms with Gasteiger partial charge in [-0.1, -0.05) is 6.07 Å². The average Bonchev–Trinajstić information content (AvgIpc) is 2.27. The van der Waals surface area contributed by atoms with Crippen molar-refractivity contribution < 1.29 is 14.8 Å². The third-order valence-electron chi connectivity index (χ3n) is 2.45. The second-order valence-corrected chi connectivity index (χ2v) is 3.56. The molecule has 6 nitrogen and oxygen atoms in total. The molecule has 2 aromatic rings. The molecule has 0 aliphatic carbocycles. The minimum absolute atomic E-state index is 0.0352. The number of pyridine rings is 1. The van der Waals surface area contributed by atoms with E-state index in [1.54, 1.807) is 19.1 Å². The van der Waals surface area contributed by atoms with Crippen molar-refractivity contribution in [3.63, 3.8) is 0 Å². The first-order valence-corrected chi connectivity index (χ1v) is 4.79. The minimum atomic E-state index is -1.16. The van der Waals surface area contributed by atoms with Crippen LogP contribution in [0.4, 0.5) is 5.69 Å². The highest BCUT2D eigenvalue weighted by Crippen LogP contribution is 2.28. The molecule has 0 fully saturated rings. The SMILES string of the molecule is Cc1ccc2nc(C(=O)O)ccc2c1[N+](=O)[O-]. The van der Waals surface area contributed by atoms with Gasteiger partial charge in [0.25, 0.3) is 5.69 Å². The third kappa shape index (κ3) is 1.80. The first kappa shape index (κ1) is 11.0. The van der Waals surface area contributed by atoms with Gasteiger partial charge in [0.1, 0.15) is 5.69 Å². The number of carbonyl (C=O) groups is 1. The number of carboxylic acids is 1.